The molecule has 2 rings (SSSR count). The zero-order chi connectivity index (χ0) is 14.9. The van der Waals surface area contributed by atoms with E-state index < -0.39 is 21.8 Å². The van der Waals surface area contributed by atoms with E-state index in [1.54, 1.807) is 18.2 Å². The van der Waals surface area contributed by atoms with Crippen LogP contribution in [0, 0.1) is 10.5 Å². The Bertz CT molecular complexity index is 766. The van der Waals surface area contributed by atoms with Crippen molar-refractivity contribution in [1.29, 1.82) is 0 Å². The number of carboxylic acid groups (broad SMARTS) is 1. The van der Waals surface area contributed by atoms with Crippen molar-refractivity contribution in [3.63, 3.8) is 0 Å². The smallest absolute Gasteiger partial charge is 0.371 e. The molecular formula is C12H10INO5S. The number of hydrogen-bond donors (Lipinski definition) is 2. The molecule has 20 heavy (non-hydrogen) atoms. The molecule has 0 spiro atoms. The van der Waals surface area contributed by atoms with Crippen LogP contribution in [-0.2, 0) is 10.0 Å². The maximum atomic E-state index is 12.2. The normalized spacial score (nSPS) is 11.3. The van der Waals surface area contributed by atoms with Gasteiger partial charge < -0.3 is 9.52 Å². The molecule has 0 aliphatic heterocycles. The summed E-state index contributed by atoms with van der Waals surface area (Å²) >= 11 is 2.06. The van der Waals surface area contributed by atoms with Crippen LogP contribution >= 0.6 is 22.6 Å². The molecule has 1 aromatic heterocycles. The van der Waals surface area contributed by atoms with E-state index in [0.29, 0.717) is 5.69 Å². The fourth-order valence-corrected chi connectivity index (χ4v) is 3.37. The molecule has 2 aromatic rings. The predicted molar refractivity (Wildman–Crippen MR) is 80.4 cm³/mol. The average molecular weight is 407 g/mol. The minimum Gasteiger partial charge on any atom is -0.475 e. The Morgan fingerprint density at radius 1 is 1.35 bits per heavy atom. The lowest BCUT2D eigenvalue weighted by Crippen LogP contribution is -2.13. The molecule has 0 atom stereocenters. The highest BCUT2D eigenvalue weighted by Gasteiger charge is 2.23. The average Bonchev–Trinajstić information content (AvgIpc) is 2.71. The number of furan rings is 1. The second-order valence-electron chi connectivity index (χ2n) is 3.95. The second-order valence-corrected chi connectivity index (χ2v) is 6.85. The van der Waals surface area contributed by atoms with Gasteiger partial charge in [0, 0.05) is 15.3 Å². The Morgan fingerprint density at radius 3 is 2.60 bits per heavy atom. The summed E-state index contributed by atoms with van der Waals surface area (Å²) in [5.41, 5.74) is 0.398. The molecule has 0 saturated heterocycles. The van der Waals surface area contributed by atoms with Crippen molar-refractivity contribution in [1.82, 2.24) is 0 Å². The first kappa shape index (κ1) is 14.9. The third kappa shape index (κ3) is 3.12. The maximum absolute atomic E-state index is 12.2. The topological polar surface area (TPSA) is 96.6 Å². The van der Waals surface area contributed by atoms with E-state index in [-0.39, 0.29) is 10.7 Å². The van der Waals surface area contributed by atoms with E-state index in [9.17, 15) is 13.2 Å². The van der Waals surface area contributed by atoms with Crippen LogP contribution in [0.4, 0.5) is 5.69 Å². The summed E-state index contributed by atoms with van der Waals surface area (Å²) in [5.74, 6) is -1.70. The fraction of sp³-hybridized carbons (Fsp3) is 0.0833. The number of nitrogens with one attached hydrogen (secondary N) is 1. The number of carboxylic acids is 1. The molecule has 0 aliphatic rings. The number of hydrogen-bond acceptors (Lipinski definition) is 4. The lowest BCUT2D eigenvalue weighted by Gasteiger charge is -2.07. The molecule has 8 heteroatoms. The Morgan fingerprint density at radius 2 is 2.05 bits per heavy atom. The van der Waals surface area contributed by atoms with Crippen LogP contribution in [-0.4, -0.2) is 19.5 Å². The van der Waals surface area contributed by atoms with E-state index in [0.717, 1.165) is 9.64 Å². The van der Waals surface area contributed by atoms with Crippen LogP contribution in [0.3, 0.4) is 0 Å². The molecule has 0 fully saturated rings. The molecule has 0 aliphatic carbocycles. The highest BCUT2D eigenvalue weighted by Crippen LogP contribution is 2.23. The highest BCUT2D eigenvalue weighted by molar-refractivity contribution is 14.1. The largest absolute Gasteiger partial charge is 0.475 e. The minimum atomic E-state index is -3.88. The lowest BCUT2D eigenvalue weighted by atomic mass is 10.3. The van der Waals surface area contributed by atoms with E-state index in [1.807, 2.05) is 6.07 Å². The molecule has 1 aromatic carbocycles. The van der Waals surface area contributed by atoms with Crippen LogP contribution in [0.2, 0.25) is 0 Å². The third-order valence-corrected chi connectivity index (χ3v) is 4.61. The fourth-order valence-electron chi connectivity index (χ4n) is 1.60. The lowest BCUT2D eigenvalue weighted by molar-refractivity contribution is 0.0661. The van der Waals surface area contributed by atoms with E-state index >= 15 is 0 Å². The van der Waals surface area contributed by atoms with Gasteiger partial charge in [0.05, 0.1) is 0 Å². The van der Waals surface area contributed by atoms with Gasteiger partial charge in [0.1, 0.15) is 10.7 Å². The number of sulfonamides is 1. The van der Waals surface area contributed by atoms with Crippen molar-refractivity contribution < 1.29 is 22.7 Å². The van der Waals surface area contributed by atoms with Crippen molar-refractivity contribution >= 4 is 44.3 Å². The van der Waals surface area contributed by atoms with Gasteiger partial charge in [-0.2, -0.15) is 0 Å². The van der Waals surface area contributed by atoms with Crippen molar-refractivity contribution in [3.8, 4) is 0 Å². The first-order chi connectivity index (χ1) is 9.29. The van der Waals surface area contributed by atoms with Crippen molar-refractivity contribution in [2.45, 2.75) is 11.8 Å². The Labute approximate surface area is 129 Å². The van der Waals surface area contributed by atoms with Gasteiger partial charge in [-0.1, -0.05) is 6.07 Å². The van der Waals surface area contributed by atoms with Crippen molar-refractivity contribution in [2.24, 2.45) is 0 Å². The maximum Gasteiger partial charge on any atom is 0.371 e. The number of benzene rings is 1. The van der Waals surface area contributed by atoms with Crippen molar-refractivity contribution in [3.05, 3.63) is 45.4 Å². The molecule has 0 saturated carbocycles. The van der Waals surface area contributed by atoms with Crippen LogP contribution in [0.25, 0.3) is 0 Å². The summed E-state index contributed by atoms with van der Waals surface area (Å²) in [6, 6.07) is 7.79. The van der Waals surface area contributed by atoms with Crippen LogP contribution in [0.5, 0.6) is 0 Å². The second kappa shape index (κ2) is 5.44. The van der Waals surface area contributed by atoms with Gasteiger partial charge in [-0.3, -0.25) is 4.72 Å². The van der Waals surface area contributed by atoms with Gasteiger partial charge in [-0.15, -0.1) is 0 Å². The first-order valence-electron chi connectivity index (χ1n) is 5.42. The highest BCUT2D eigenvalue weighted by atomic mass is 127. The summed E-state index contributed by atoms with van der Waals surface area (Å²) in [6.45, 7) is 1.40. The number of carbonyl (C=O) groups is 1. The zero-order valence-corrected chi connectivity index (χ0v) is 13.2. The van der Waals surface area contributed by atoms with E-state index in [2.05, 4.69) is 27.3 Å². The quantitative estimate of drug-likeness (QED) is 0.760. The van der Waals surface area contributed by atoms with Gasteiger partial charge >= 0.3 is 5.97 Å². The summed E-state index contributed by atoms with van der Waals surface area (Å²) in [4.78, 5) is 10.6. The molecule has 1 heterocycles. The third-order valence-electron chi connectivity index (χ3n) is 2.45. The first-order valence-corrected chi connectivity index (χ1v) is 7.98. The SMILES string of the molecule is Cc1oc(C(=O)O)cc1S(=O)(=O)Nc1cccc(I)c1. The van der Waals surface area contributed by atoms with Gasteiger partial charge in [-0.05, 0) is 47.7 Å². The van der Waals surface area contributed by atoms with Crippen LogP contribution in [0.1, 0.15) is 16.3 Å². The Kier molecular flexibility index (Phi) is 4.04. The van der Waals surface area contributed by atoms with Gasteiger partial charge in [0.2, 0.25) is 5.76 Å². The molecule has 106 valence electrons. The molecule has 0 unspecified atom stereocenters. The van der Waals surface area contributed by atoms with E-state index in [1.165, 1.54) is 6.92 Å². The van der Waals surface area contributed by atoms with Crippen molar-refractivity contribution in [2.75, 3.05) is 4.72 Å². The summed E-state index contributed by atoms with van der Waals surface area (Å²) in [7, 11) is -3.88. The molecular weight excluding hydrogens is 397 g/mol. The van der Waals surface area contributed by atoms with Gasteiger partial charge in [0.15, 0.2) is 0 Å². The molecule has 0 bridgehead atoms. The molecule has 2 N–H and O–H groups in total. The van der Waals surface area contributed by atoms with Gasteiger partial charge in [-0.25, -0.2) is 13.2 Å². The van der Waals surface area contributed by atoms with Gasteiger partial charge in [0.25, 0.3) is 10.0 Å². The predicted octanol–water partition coefficient (Wildman–Crippen LogP) is 2.69. The van der Waals surface area contributed by atoms with Crippen LogP contribution < -0.4 is 4.72 Å². The summed E-state index contributed by atoms with van der Waals surface area (Å²) in [6.07, 6.45) is 0. The number of rotatable bonds is 4. The number of aromatic carboxylic acids is 1. The summed E-state index contributed by atoms with van der Waals surface area (Å²) < 4.78 is 32.6. The number of anilines is 1. The molecule has 0 radical (unpaired) electrons. The standard InChI is InChI=1S/C12H10INO5S/c1-7-11(6-10(19-7)12(15)16)20(17,18)14-9-4-2-3-8(13)5-9/h2-6,14H,1H3,(H,15,16). The monoisotopic (exact) mass is 407 g/mol. The summed E-state index contributed by atoms with van der Waals surface area (Å²) in [5, 5.41) is 8.80. The molecule has 0 amide bonds. The number of aryl methyl sites for hydroxylation is 1. The molecule has 6 nitrogen and oxygen atoms in total. The number of halogens is 1. The Balaban J connectivity index is 2.38. The zero-order valence-electron chi connectivity index (χ0n) is 10.3. The minimum absolute atomic E-state index is 0.0283. The van der Waals surface area contributed by atoms with Crippen LogP contribution in [0.15, 0.2) is 39.6 Å². The van der Waals surface area contributed by atoms with E-state index in [4.69, 9.17) is 9.52 Å². The Hall–Kier alpha value is -1.55.